The highest BCUT2D eigenvalue weighted by atomic mass is 16.4. The zero-order valence-corrected chi connectivity index (χ0v) is 17.4. The van der Waals surface area contributed by atoms with Gasteiger partial charge in [-0.3, -0.25) is 4.79 Å². The van der Waals surface area contributed by atoms with E-state index in [0.717, 1.165) is 12.8 Å². The predicted molar refractivity (Wildman–Crippen MR) is 115 cm³/mol. The van der Waals surface area contributed by atoms with E-state index < -0.39 is 5.97 Å². The SMILES string of the molecule is CCCCCC/C=C/CC/C=C/CCCCCCCCCCCC(=O)O. The Morgan fingerprint density at radius 2 is 0.962 bits per heavy atom. The van der Waals surface area contributed by atoms with Crippen molar-refractivity contribution in [2.75, 3.05) is 0 Å². The van der Waals surface area contributed by atoms with Gasteiger partial charge >= 0.3 is 5.97 Å². The van der Waals surface area contributed by atoms with E-state index in [-0.39, 0.29) is 0 Å². The van der Waals surface area contributed by atoms with Crippen LogP contribution in [-0.4, -0.2) is 11.1 Å². The van der Waals surface area contributed by atoms with Gasteiger partial charge in [-0.05, 0) is 44.9 Å². The van der Waals surface area contributed by atoms with E-state index in [0.29, 0.717) is 6.42 Å². The molecule has 26 heavy (non-hydrogen) atoms. The lowest BCUT2D eigenvalue weighted by atomic mass is 10.1. The molecule has 0 aliphatic rings. The Hall–Kier alpha value is -1.05. The molecular formula is C24H44O2. The van der Waals surface area contributed by atoms with Gasteiger partial charge in [0.15, 0.2) is 0 Å². The molecule has 0 amide bonds. The van der Waals surface area contributed by atoms with Gasteiger partial charge < -0.3 is 5.11 Å². The van der Waals surface area contributed by atoms with E-state index in [1.807, 2.05) is 0 Å². The zero-order valence-electron chi connectivity index (χ0n) is 17.4. The summed E-state index contributed by atoms with van der Waals surface area (Å²) < 4.78 is 0. The third kappa shape index (κ3) is 22.9. The third-order valence-electron chi connectivity index (χ3n) is 4.82. The second-order valence-corrected chi connectivity index (χ2v) is 7.48. The van der Waals surface area contributed by atoms with E-state index in [9.17, 15) is 4.79 Å². The average Bonchev–Trinajstić information content (AvgIpc) is 2.62. The van der Waals surface area contributed by atoms with Crippen LogP contribution in [0.2, 0.25) is 0 Å². The van der Waals surface area contributed by atoms with Gasteiger partial charge in [0, 0.05) is 6.42 Å². The highest BCUT2D eigenvalue weighted by Crippen LogP contribution is 2.11. The minimum absolute atomic E-state index is 0.336. The standard InChI is InChI=1S/C24H44O2/c1-2-3-4-5-6-7-8-9-10-11-12-13-14-15-16-17-18-19-20-21-22-23-24(25)26/h7-8,11-12H,2-6,9-10,13-23H2,1H3,(H,25,26)/b8-7+,12-11+. The van der Waals surface area contributed by atoms with Crippen LogP contribution in [0.15, 0.2) is 24.3 Å². The molecule has 152 valence electrons. The van der Waals surface area contributed by atoms with E-state index >= 15 is 0 Å². The molecule has 0 unspecified atom stereocenters. The van der Waals surface area contributed by atoms with Crippen LogP contribution < -0.4 is 0 Å². The largest absolute Gasteiger partial charge is 0.481 e. The maximum atomic E-state index is 10.4. The first-order valence-corrected chi connectivity index (χ1v) is 11.3. The number of carboxylic acids is 1. The molecule has 0 aliphatic carbocycles. The number of hydrogen-bond acceptors (Lipinski definition) is 1. The second-order valence-electron chi connectivity index (χ2n) is 7.48. The van der Waals surface area contributed by atoms with Crippen LogP contribution in [0.25, 0.3) is 0 Å². The van der Waals surface area contributed by atoms with Crippen LogP contribution in [0.3, 0.4) is 0 Å². The molecule has 2 nitrogen and oxygen atoms in total. The summed E-state index contributed by atoms with van der Waals surface area (Å²) in [6, 6.07) is 0. The lowest BCUT2D eigenvalue weighted by Crippen LogP contribution is -1.93. The van der Waals surface area contributed by atoms with Crippen LogP contribution in [-0.2, 0) is 4.79 Å². The summed E-state index contributed by atoms with van der Waals surface area (Å²) in [4.78, 5) is 10.4. The van der Waals surface area contributed by atoms with E-state index in [4.69, 9.17) is 5.11 Å². The summed E-state index contributed by atoms with van der Waals surface area (Å²) in [7, 11) is 0. The van der Waals surface area contributed by atoms with E-state index in [1.165, 1.54) is 96.3 Å². The topological polar surface area (TPSA) is 37.3 Å². The van der Waals surface area contributed by atoms with Crippen molar-refractivity contribution in [2.24, 2.45) is 0 Å². The molecule has 1 N–H and O–H groups in total. The van der Waals surface area contributed by atoms with Crippen molar-refractivity contribution in [3.8, 4) is 0 Å². The van der Waals surface area contributed by atoms with E-state index in [2.05, 4.69) is 31.2 Å². The van der Waals surface area contributed by atoms with Crippen molar-refractivity contribution in [2.45, 2.75) is 122 Å². The van der Waals surface area contributed by atoms with Gasteiger partial charge in [0.1, 0.15) is 0 Å². The Bertz CT molecular complexity index is 344. The number of allylic oxidation sites excluding steroid dienone is 4. The molecule has 0 aliphatic heterocycles. The molecule has 0 saturated heterocycles. The summed E-state index contributed by atoms with van der Waals surface area (Å²) in [5.41, 5.74) is 0. The molecule has 0 rings (SSSR count). The zero-order chi connectivity index (χ0) is 19.1. The fourth-order valence-corrected chi connectivity index (χ4v) is 3.13. The maximum Gasteiger partial charge on any atom is 0.303 e. The first-order chi connectivity index (χ1) is 12.8. The summed E-state index contributed by atoms with van der Waals surface area (Å²) in [5, 5.41) is 8.56. The van der Waals surface area contributed by atoms with Crippen LogP contribution in [0.4, 0.5) is 0 Å². The van der Waals surface area contributed by atoms with Crippen molar-refractivity contribution < 1.29 is 9.90 Å². The lowest BCUT2D eigenvalue weighted by Gasteiger charge is -2.01. The summed E-state index contributed by atoms with van der Waals surface area (Å²) in [5.74, 6) is -0.659. The minimum Gasteiger partial charge on any atom is -0.481 e. The summed E-state index contributed by atoms with van der Waals surface area (Å²) in [6.45, 7) is 2.26. The highest BCUT2D eigenvalue weighted by Gasteiger charge is 1.96. The van der Waals surface area contributed by atoms with Crippen molar-refractivity contribution in [1.29, 1.82) is 0 Å². The molecule has 0 spiro atoms. The number of aliphatic carboxylic acids is 1. The number of carbonyl (C=O) groups is 1. The van der Waals surface area contributed by atoms with Gasteiger partial charge in [0.2, 0.25) is 0 Å². The Morgan fingerprint density at radius 1 is 0.577 bits per heavy atom. The third-order valence-corrected chi connectivity index (χ3v) is 4.82. The number of hydrogen-bond donors (Lipinski definition) is 1. The molecule has 0 atom stereocenters. The number of unbranched alkanes of at least 4 members (excludes halogenated alkanes) is 14. The van der Waals surface area contributed by atoms with Crippen molar-refractivity contribution in [3.05, 3.63) is 24.3 Å². The predicted octanol–water partition coefficient (Wildman–Crippen LogP) is 8.23. The normalized spacial score (nSPS) is 11.7. The molecule has 0 heterocycles. The smallest absolute Gasteiger partial charge is 0.303 e. The average molecular weight is 365 g/mol. The molecule has 0 fully saturated rings. The Morgan fingerprint density at radius 3 is 1.42 bits per heavy atom. The van der Waals surface area contributed by atoms with Crippen LogP contribution in [0.5, 0.6) is 0 Å². The maximum absolute atomic E-state index is 10.4. The molecular weight excluding hydrogens is 320 g/mol. The summed E-state index contributed by atoms with van der Waals surface area (Å²) in [6.07, 6.45) is 31.1. The van der Waals surface area contributed by atoms with Crippen LogP contribution in [0, 0.1) is 0 Å². The molecule has 0 aromatic heterocycles. The van der Waals surface area contributed by atoms with Gasteiger partial charge in [-0.15, -0.1) is 0 Å². The van der Waals surface area contributed by atoms with Crippen molar-refractivity contribution in [3.63, 3.8) is 0 Å². The van der Waals surface area contributed by atoms with E-state index in [1.54, 1.807) is 0 Å². The van der Waals surface area contributed by atoms with Crippen LogP contribution >= 0.6 is 0 Å². The van der Waals surface area contributed by atoms with Gasteiger partial charge in [0.25, 0.3) is 0 Å². The molecule has 0 aromatic carbocycles. The van der Waals surface area contributed by atoms with Gasteiger partial charge in [0.05, 0.1) is 0 Å². The quantitative estimate of drug-likeness (QED) is 0.174. The number of rotatable bonds is 20. The van der Waals surface area contributed by atoms with Crippen molar-refractivity contribution >= 4 is 5.97 Å². The molecule has 0 saturated carbocycles. The van der Waals surface area contributed by atoms with Crippen LogP contribution in [0.1, 0.15) is 122 Å². The van der Waals surface area contributed by atoms with Gasteiger partial charge in [-0.25, -0.2) is 0 Å². The molecule has 0 radical (unpaired) electrons. The fraction of sp³-hybridized carbons (Fsp3) is 0.792. The minimum atomic E-state index is -0.659. The van der Waals surface area contributed by atoms with Gasteiger partial charge in [-0.1, -0.05) is 95.4 Å². The highest BCUT2D eigenvalue weighted by molar-refractivity contribution is 5.66. The first-order valence-electron chi connectivity index (χ1n) is 11.3. The molecule has 2 heteroatoms. The molecule has 0 bridgehead atoms. The van der Waals surface area contributed by atoms with Crippen molar-refractivity contribution in [1.82, 2.24) is 0 Å². The Labute approximate surface area is 163 Å². The lowest BCUT2D eigenvalue weighted by molar-refractivity contribution is -0.137. The summed E-state index contributed by atoms with van der Waals surface area (Å²) >= 11 is 0. The van der Waals surface area contributed by atoms with Gasteiger partial charge in [-0.2, -0.15) is 0 Å². The molecule has 0 aromatic rings. The first kappa shape index (κ1) is 24.9. The Kier molecular flexibility index (Phi) is 21.1. The second kappa shape index (κ2) is 22.0. The number of carboxylic acid groups (broad SMARTS) is 1. The fourth-order valence-electron chi connectivity index (χ4n) is 3.13. The Balaban J connectivity index is 3.14. The monoisotopic (exact) mass is 364 g/mol.